The van der Waals surface area contributed by atoms with Gasteiger partial charge in [0.25, 0.3) is 0 Å². The molecule has 0 N–H and O–H groups in total. The Bertz CT molecular complexity index is 54.9. The fraction of sp³-hybridized carbons (Fsp3) is 1.00. The summed E-state index contributed by atoms with van der Waals surface area (Å²) in [7, 11) is 4.25. The highest BCUT2D eigenvalue weighted by Gasteiger charge is 2.10. The van der Waals surface area contributed by atoms with Gasteiger partial charge in [0.15, 0.2) is 7.31 Å². The van der Waals surface area contributed by atoms with Crippen LogP contribution in [0.25, 0.3) is 0 Å². The van der Waals surface area contributed by atoms with E-state index in [1.807, 2.05) is 4.89 Å². The van der Waals surface area contributed by atoms with Crippen LogP contribution in [0.3, 0.4) is 0 Å². The van der Waals surface area contributed by atoms with E-state index in [0.29, 0.717) is 0 Å². The molecule has 1 aliphatic rings. The number of rotatable bonds is 1. The van der Waals surface area contributed by atoms with Crippen molar-refractivity contribution in [2.75, 3.05) is 6.61 Å². The Hall–Kier alpha value is 0.115. The molecule has 0 aromatic heterocycles. The van der Waals surface area contributed by atoms with E-state index < -0.39 is 0 Å². The van der Waals surface area contributed by atoms with Gasteiger partial charge in [0.1, 0.15) is 0 Å². The average Bonchev–Trinajstić information content (AvgIpc) is 2.14. The summed E-state index contributed by atoms with van der Waals surface area (Å²) in [5.74, 6) is 0. The molecule has 1 fully saturated rings. The third-order valence-electron chi connectivity index (χ3n) is 1.18. The molecule has 7 heavy (non-hydrogen) atoms. The van der Waals surface area contributed by atoms with E-state index in [9.17, 15) is 0 Å². The van der Waals surface area contributed by atoms with Crippen molar-refractivity contribution < 1.29 is 4.84 Å². The maximum absolute atomic E-state index is 5.14. The highest BCUT2D eigenvalue weighted by Crippen LogP contribution is 1.97. The fourth-order valence-electron chi connectivity index (χ4n) is 0.749. The molecule has 1 aliphatic heterocycles. The van der Waals surface area contributed by atoms with Crippen LogP contribution in [0, 0.1) is 0 Å². The monoisotopic (exact) mass is 95.1 g/mol. The molecule has 0 bridgehead atoms. The van der Waals surface area contributed by atoms with Gasteiger partial charge in [0, 0.05) is 0 Å². The first-order valence-electron chi connectivity index (χ1n) is 2.81. The number of nitrogens with zero attached hydrogens (tertiary/aromatic N) is 1. The van der Waals surface area contributed by atoms with Crippen molar-refractivity contribution in [2.45, 2.75) is 6.32 Å². The molecule has 0 unspecified atom stereocenters. The Morgan fingerprint density at radius 3 is 3.00 bits per heavy atom. The summed E-state index contributed by atoms with van der Waals surface area (Å²) in [6.45, 7) is 0.924. The Labute approximate surface area is 46.1 Å². The van der Waals surface area contributed by atoms with Crippen LogP contribution in [0.5, 0.6) is 0 Å². The van der Waals surface area contributed by atoms with Gasteiger partial charge in [-0.1, -0.05) is 0 Å². The molecule has 0 aromatic rings. The molecular weight excluding hydrogens is 86.5 g/mol. The smallest absolute Gasteiger partial charge is 0.222 e. The minimum absolute atomic E-state index is 0.924. The van der Waals surface area contributed by atoms with E-state index in [2.05, 4.69) is 7.74 Å². The molecule has 36 valence electrons. The summed E-state index contributed by atoms with van der Waals surface area (Å²) >= 11 is 0. The van der Waals surface area contributed by atoms with Crippen LogP contribution >= 0.6 is 0 Å². The Kier molecular flexibility index (Phi) is 1.82. The summed E-state index contributed by atoms with van der Waals surface area (Å²) in [5, 5.41) is 0. The second kappa shape index (κ2) is 2.43. The first-order chi connectivity index (χ1) is 3.43. The predicted molar refractivity (Wildman–Crippen MR) is 35.4 cm³/mol. The van der Waals surface area contributed by atoms with Crippen molar-refractivity contribution in [1.29, 1.82) is 0 Å². The van der Waals surface area contributed by atoms with Crippen LogP contribution in [-0.2, 0) is 4.84 Å². The molecule has 0 radical (unpaired) electrons. The van der Waals surface area contributed by atoms with Crippen molar-refractivity contribution >= 4 is 22.5 Å². The van der Waals surface area contributed by atoms with E-state index in [1.165, 1.54) is 6.32 Å². The fourth-order valence-corrected chi connectivity index (χ4v) is 0.749. The maximum atomic E-state index is 5.14. The van der Waals surface area contributed by atoms with Gasteiger partial charge in [0.05, 0.1) is 14.3 Å². The number of hydrogen-bond donors (Lipinski definition) is 0. The summed E-state index contributed by atoms with van der Waals surface area (Å²) in [6, 6.07) is 0. The molecule has 0 atom stereocenters. The minimum Gasteiger partial charge on any atom is -0.324 e. The highest BCUT2D eigenvalue weighted by atomic mass is 16.7. The van der Waals surface area contributed by atoms with Crippen molar-refractivity contribution in [3.8, 4) is 0 Å². The standard InChI is InChI=1S/C2H8B3NO/c3-5-6-4-1-2-7-6/h4-5H,1-3H2. The quantitative estimate of drug-likeness (QED) is 0.345. The van der Waals surface area contributed by atoms with Gasteiger partial charge in [-0.25, -0.2) is 0 Å². The van der Waals surface area contributed by atoms with Gasteiger partial charge in [-0.15, -0.1) is 0 Å². The Morgan fingerprint density at radius 2 is 2.71 bits per heavy atom. The van der Waals surface area contributed by atoms with Gasteiger partial charge < -0.3 is 4.84 Å². The molecule has 5 heteroatoms. The first kappa shape index (κ1) is 5.26. The van der Waals surface area contributed by atoms with Crippen LogP contribution in [0.4, 0.5) is 0 Å². The summed E-state index contributed by atoms with van der Waals surface area (Å²) in [6.07, 6.45) is 1.20. The zero-order chi connectivity index (χ0) is 5.11. The van der Waals surface area contributed by atoms with E-state index in [4.69, 9.17) is 4.84 Å². The lowest BCUT2D eigenvalue weighted by molar-refractivity contribution is 0.0130. The van der Waals surface area contributed by atoms with Crippen LogP contribution in [0.1, 0.15) is 0 Å². The Morgan fingerprint density at radius 1 is 1.86 bits per heavy atom. The van der Waals surface area contributed by atoms with Crippen LogP contribution in [0.15, 0.2) is 0 Å². The maximum Gasteiger partial charge on any atom is 0.222 e. The summed E-state index contributed by atoms with van der Waals surface area (Å²) in [4.78, 5) is 7.12. The van der Waals surface area contributed by atoms with E-state index in [1.54, 1.807) is 0 Å². The topological polar surface area (TPSA) is 12.5 Å². The Balaban J connectivity index is 2.14. The second-order valence-electron chi connectivity index (χ2n) is 1.71. The normalized spacial score (nSPS) is 21.7. The summed E-state index contributed by atoms with van der Waals surface area (Å²) in [5.41, 5.74) is 0. The van der Waals surface area contributed by atoms with E-state index in [0.717, 1.165) is 21.3 Å². The van der Waals surface area contributed by atoms with Gasteiger partial charge in [-0.3, -0.25) is 4.89 Å². The molecule has 2 nitrogen and oxygen atoms in total. The third-order valence-corrected chi connectivity index (χ3v) is 1.18. The number of hydrogen-bond acceptors (Lipinski definition) is 2. The lowest BCUT2D eigenvalue weighted by Crippen LogP contribution is -2.25. The molecule has 1 heterocycles. The lowest BCUT2D eigenvalue weighted by Gasteiger charge is -2.07. The SMILES string of the molecule is BBN1BCCO1. The van der Waals surface area contributed by atoms with Crippen molar-refractivity contribution in [1.82, 2.24) is 4.89 Å². The van der Waals surface area contributed by atoms with Crippen LogP contribution in [0.2, 0.25) is 6.32 Å². The van der Waals surface area contributed by atoms with E-state index >= 15 is 0 Å². The second-order valence-corrected chi connectivity index (χ2v) is 1.71. The average molecular weight is 94.5 g/mol. The lowest BCUT2D eigenvalue weighted by atomic mass is 9.62. The highest BCUT2D eigenvalue weighted by molar-refractivity contribution is 6.90. The van der Waals surface area contributed by atoms with Crippen molar-refractivity contribution in [3.05, 3.63) is 0 Å². The molecule has 1 saturated heterocycles. The third kappa shape index (κ3) is 1.25. The molecule has 0 amide bonds. The van der Waals surface area contributed by atoms with Gasteiger partial charge in [0.2, 0.25) is 7.41 Å². The minimum atomic E-state index is 0.924. The molecule has 0 aliphatic carbocycles. The molecule has 0 spiro atoms. The zero-order valence-electron chi connectivity index (χ0n) is 4.68. The van der Waals surface area contributed by atoms with Gasteiger partial charge in [-0.05, 0) is 6.32 Å². The van der Waals surface area contributed by atoms with Gasteiger partial charge >= 0.3 is 0 Å². The van der Waals surface area contributed by atoms with Crippen LogP contribution in [-0.4, -0.2) is 33.9 Å². The molecular formula is C2H8B3NO. The van der Waals surface area contributed by atoms with Crippen LogP contribution < -0.4 is 0 Å². The predicted octanol–water partition coefficient (Wildman–Crippen LogP) is -2.10. The summed E-state index contributed by atoms with van der Waals surface area (Å²) < 4.78 is 0. The zero-order valence-corrected chi connectivity index (χ0v) is 4.68. The molecule has 0 aromatic carbocycles. The van der Waals surface area contributed by atoms with Gasteiger partial charge in [-0.2, -0.15) is 0 Å². The van der Waals surface area contributed by atoms with Crippen molar-refractivity contribution in [2.24, 2.45) is 0 Å². The molecule has 0 saturated carbocycles. The van der Waals surface area contributed by atoms with E-state index in [-0.39, 0.29) is 0 Å². The largest absolute Gasteiger partial charge is 0.324 e. The molecule has 1 rings (SSSR count). The first-order valence-corrected chi connectivity index (χ1v) is 2.81. The van der Waals surface area contributed by atoms with Crippen molar-refractivity contribution in [3.63, 3.8) is 0 Å².